The van der Waals surface area contributed by atoms with Crippen molar-refractivity contribution in [2.45, 2.75) is 25.2 Å². The van der Waals surface area contributed by atoms with E-state index in [0.717, 1.165) is 32.1 Å². The number of aliphatic hydroxyl groups is 1. The van der Waals surface area contributed by atoms with Gasteiger partial charge in [0.2, 0.25) is 0 Å². The predicted octanol–water partition coefficient (Wildman–Crippen LogP) is 7.88. The number of aliphatic hydroxyl groups excluding tert-OH is 1. The van der Waals surface area contributed by atoms with Gasteiger partial charge in [-0.2, -0.15) is 0 Å². The van der Waals surface area contributed by atoms with Crippen LogP contribution in [0.25, 0.3) is 10.8 Å². The quantitative estimate of drug-likeness (QED) is 0.224. The van der Waals surface area contributed by atoms with Gasteiger partial charge in [-0.05, 0) is 58.5 Å². The Morgan fingerprint density at radius 1 is 0.853 bits per heavy atom. The zero-order valence-electron chi connectivity index (χ0n) is 18.6. The van der Waals surface area contributed by atoms with Gasteiger partial charge in [0.15, 0.2) is 5.78 Å². The van der Waals surface area contributed by atoms with Crippen LogP contribution in [0.15, 0.2) is 118 Å². The van der Waals surface area contributed by atoms with E-state index in [4.69, 9.17) is 4.99 Å². The molecule has 34 heavy (non-hydrogen) atoms. The molecule has 1 fully saturated rings. The van der Waals surface area contributed by atoms with Crippen molar-refractivity contribution in [1.82, 2.24) is 0 Å². The Balaban J connectivity index is 1.57. The van der Waals surface area contributed by atoms with Crippen molar-refractivity contribution in [3.8, 4) is 0 Å². The second kappa shape index (κ2) is 9.78. The molecular formula is C30H24BrNO2. The number of carbonyl (C=O) groups is 1. The number of benzene rings is 4. The van der Waals surface area contributed by atoms with E-state index in [1.807, 2.05) is 72.8 Å². The average Bonchev–Trinajstić information content (AvgIpc) is 2.86. The predicted molar refractivity (Wildman–Crippen MR) is 142 cm³/mol. The molecule has 1 unspecified atom stereocenters. The molecule has 4 aromatic rings. The van der Waals surface area contributed by atoms with Gasteiger partial charge >= 0.3 is 0 Å². The van der Waals surface area contributed by atoms with Crippen LogP contribution in [0.5, 0.6) is 0 Å². The summed E-state index contributed by atoms with van der Waals surface area (Å²) in [6, 6.07) is 31.9. The van der Waals surface area contributed by atoms with E-state index < -0.39 is 0 Å². The van der Waals surface area contributed by atoms with Crippen LogP contribution in [0.3, 0.4) is 0 Å². The minimum Gasteiger partial charge on any atom is -0.511 e. The summed E-state index contributed by atoms with van der Waals surface area (Å²) in [5.41, 5.74) is 3.87. The number of aliphatic imine (C=N–C) groups is 1. The second-order valence-electron chi connectivity index (χ2n) is 8.61. The Bertz CT molecular complexity index is 1400. The molecule has 0 heterocycles. The Morgan fingerprint density at radius 2 is 1.56 bits per heavy atom. The van der Waals surface area contributed by atoms with Gasteiger partial charge in [0.1, 0.15) is 5.76 Å². The van der Waals surface area contributed by atoms with Crippen molar-refractivity contribution in [1.29, 1.82) is 0 Å². The lowest BCUT2D eigenvalue weighted by molar-refractivity contribution is -0.115. The van der Waals surface area contributed by atoms with Crippen molar-refractivity contribution in [3.05, 3.63) is 124 Å². The molecule has 0 amide bonds. The maximum Gasteiger partial charge on any atom is 0.168 e. The summed E-state index contributed by atoms with van der Waals surface area (Å²) in [6.45, 7) is 0. The first-order valence-electron chi connectivity index (χ1n) is 11.4. The fourth-order valence-electron chi connectivity index (χ4n) is 4.67. The molecule has 3 nitrogen and oxygen atoms in total. The summed E-state index contributed by atoms with van der Waals surface area (Å²) in [4.78, 5) is 18.3. The van der Waals surface area contributed by atoms with E-state index in [1.54, 1.807) is 0 Å². The number of allylic oxidation sites excluding steroid dienone is 2. The first-order chi connectivity index (χ1) is 16.6. The lowest BCUT2D eigenvalue weighted by Gasteiger charge is -2.26. The van der Waals surface area contributed by atoms with Gasteiger partial charge in [0.05, 0.1) is 17.0 Å². The number of rotatable bonds is 4. The van der Waals surface area contributed by atoms with Crippen molar-refractivity contribution in [2.24, 2.45) is 4.99 Å². The Labute approximate surface area is 207 Å². The number of carbonyl (C=O) groups excluding carboxylic acids is 1. The van der Waals surface area contributed by atoms with Gasteiger partial charge in [0, 0.05) is 17.3 Å². The van der Waals surface area contributed by atoms with Crippen LogP contribution in [0.1, 0.15) is 29.9 Å². The lowest BCUT2D eigenvalue weighted by Crippen LogP contribution is -2.27. The molecule has 0 saturated heterocycles. The number of halogens is 1. The number of ketones is 1. The first kappa shape index (κ1) is 22.3. The molecule has 0 aromatic heterocycles. The van der Waals surface area contributed by atoms with Crippen LogP contribution >= 0.6 is 15.9 Å². The Morgan fingerprint density at radius 3 is 2.35 bits per heavy atom. The summed E-state index contributed by atoms with van der Waals surface area (Å²) in [6.07, 6.45) is 1.25. The van der Waals surface area contributed by atoms with Crippen molar-refractivity contribution in [3.63, 3.8) is 0 Å². The van der Waals surface area contributed by atoms with Crippen molar-refractivity contribution >= 4 is 43.9 Å². The highest BCUT2D eigenvalue weighted by atomic mass is 79.9. The third-order valence-corrected chi connectivity index (χ3v) is 6.86. The summed E-state index contributed by atoms with van der Waals surface area (Å²) in [5, 5.41) is 13.5. The smallest absolute Gasteiger partial charge is 0.168 e. The third kappa shape index (κ3) is 4.73. The molecule has 5 rings (SSSR count). The minimum atomic E-state index is -0.0614. The Kier molecular flexibility index (Phi) is 6.41. The highest BCUT2D eigenvalue weighted by molar-refractivity contribution is 9.10. The SMILES string of the molecule is O=C1CC(c2ccccc2)CC(=Nc2ccc(Br)cc2)/C1=C(\O)Cc1cccc2ccccc12. The summed E-state index contributed by atoms with van der Waals surface area (Å²) < 4.78 is 0.966. The maximum absolute atomic E-state index is 13.4. The monoisotopic (exact) mass is 509 g/mol. The summed E-state index contributed by atoms with van der Waals surface area (Å²) in [5.74, 6) is 0.0643. The number of hydrogen-bond donors (Lipinski definition) is 1. The van der Waals surface area contributed by atoms with Gasteiger partial charge in [-0.3, -0.25) is 9.79 Å². The topological polar surface area (TPSA) is 49.7 Å². The van der Waals surface area contributed by atoms with E-state index in [9.17, 15) is 9.90 Å². The molecule has 0 aliphatic heterocycles. The third-order valence-electron chi connectivity index (χ3n) is 6.33. The van der Waals surface area contributed by atoms with Gasteiger partial charge in [-0.15, -0.1) is 0 Å². The second-order valence-corrected chi connectivity index (χ2v) is 9.53. The molecule has 1 aliphatic rings. The standard InChI is InChI=1S/C30H24BrNO2/c31-24-13-15-25(16-14-24)32-27-17-23(20-7-2-1-3-8-20)19-29(34)30(27)28(33)18-22-11-6-10-21-9-4-5-12-26(21)22/h1-16,23,33H,17-19H2/b30-28+,32-27?. The average molecular weight is 510 g/mol. The molecule has 4 heteroatoms. The highest BCUT2D eigenvalue weighted by Crippen LogP contribution is 2.35. The molecule has 1 atom stereocenters. The summed E-state index contributed by atoms with van der Waals surface area (Å²) in [7, 11) is 0. The molecular weight excluding hydrogens is 486 g/mol. The van der Waals surface area contributed by atoms with Gasteiger partial charge in [-0.25, -0.2) is 0 Å². The molecule has 4 aromatic carbocycles. The largest absolute Gasteiger partial charge is 0.511 e. The van der Waals surface area contributed by atoms with Crippen LogP contribution in [0.2, 0.25) is 0 Å². The van der Waals surface area contributed by atoms with Crippen LogP contribution in [-0.2, 0) is 11.2 Å². The zero-order valence-corrected chi connectivity index (χ0v) is 20.2. The molecule has 168 valence electrons. The van der Waals surface area contributed by atoms with E-state index in [0.29, 0.717) is 24.1 Å². The van der Waals surface area contributed by atoms with Gasteiger partial charge in [-0.1, -0.05) is 88.7 Å². The van der Waals surface area contributed by atoms with Crippen molar-refractivity contribution < 1.29 is 9.90 Å². The molecule has 0 spiro atoms. The molecule has 0 bridgehead atoms. The van der Waals surface area contributed by atoms with E-state index in [2.05, 4.69) is 40.2 Å². The number of fused-ring (bicyclic) bond motifs is 1. The van der Waals surface area contributed by atoms with Crippen LogP contribution in [0.4, 0.5) is 5.69 Å². The number of nitrogens with zero attached hydrogens (tertiary/aromatic N) is 1. The fourth-order valence-corrected chi connectivity index (χ4v) is 4.94. The lowest BCUT2D eigenvalue weighted by atomic mass is 9.78. The van der Waals surface area contributed by atoms with E-state index >= 15 is 0 Å². The summed E-state index contributed by atoms with van der Waals surface area (Å²) >= 11 is 3.46. The zero-order chi connectivity index (χ0) is 23.5. The van der Waals surface area contributed by atoms with E-state index in [1.165, 1.54) is 0 Å². The molecule has 1 aliphatic carbocycles. The normalized spacial score (nSPS) is 18.9. The van der Waals surface area contributed by atoms with Crippen molar-refractivity contribution in [2.75, 3.05) is 0 Å². The van der Waals surface area contributed by atoms with Gasteiger partial charge < -0.3 is 5.11 Å². The number of Topliss-reactive ketones (excluding diaryl/α,β-unsaturated/α-hetero) is 1. The van der Waals surface area contributed by atoms with Crippen LogP contribution in [-0.4, -0.2) is 16.6 Å². The maximum atomic E-state index is 13.4. The van der Waals surface area contributed by atoms with E-state index in [-0.39, 0.29) is 23.9 Å². The molecule has 0 radical (unpaired) electrons. The molecule has 1 N–H and O–H groups in total. The van der Waals surface area contributed by atoms with Crippen LogP contribution in [0, 0.1) is 0 Å². The van der Waals surface area contributed by atoms with Gasteiger partial charge in [0.25, 0.3) is 0 Å². The first-order valence-corrected chi connectivity index (χ1v) is 12.2. The minimum absolute atomic E-state index is 0.0389. The highest BCUT2D eigenvalue weighted by Gasteiger charge is 2.32. The fraction of sp³-hybridized carbons (Fsp3) is 0.133. The number of hydrogen-bond acceptors (Lipinski definition) is 3. The molecule has 1 saturated carbocycles. The van der Waals surface area contributed by atoms with Crippen LogP contribution < -0.4 is 0 Å². The Hall–Kier alpha value is -3.50.